The fourth-order valence-corrected chi connectivity index (χ4v) is 5.95. The highest BCUT2D eigenvalue weighted by atomic mass is 32.2. The quantitative estimate of drug-likeness (QED) is 0.583. The average molecular weight is 420 g/mol. The molecule has 2 aliphatic rings. The summed E-state index contributed by atoms with van der Waals surface area (Å²) in [5.41, 5.74) is 4.21. The van der Waals surface area contributed by atoms with Crippen LogP contribution in [0.3, 0.4) is 0 Å². The maximum atomic E-state index is 13.2. The summed E-state index contributed by atoms with van der Waals surface area (Å²) in [7, 11) is 0. The molecule has 2 aromatic heterocycles. The number of amides is 1. The van der Waals surface area contributed by atoms with Gasteiger partial charge in [0, 0.05) is 43.5 Å². The number of carbonyl (C=O) groups is 1. The molecular formula is C25H29N3OS. The van der Waals surface area contributed by atoms with Gasteiger partial charge in [-0.25, -0.2) is 0 Å². The molecule has 0 N–H and O–H groups in total. The van der Waals surface area contributed by atoms with E-state index in [1.807, 2.05) is 22.7 Å². The molecule has 1 aliphatic heterocycles. The minimum atomic E-state index is 0.144. The predicted molar refractivity (Wildman–Crippen MR) is 124 cm³/mol. The van der Waals surface area contributed by atoms with E-state index in [1.54, 1.807) is 6.20 Å². The molecule has 1 amide bonds. The Bertz CT molecular complexity index is 1000. The molecule has 0 atom stereocenters. The van der Waals surface area contributed by atoms with Gasteiger partial charge in [-0.1, -0.05) is 30.3 Å². The van der Waals surface area contributed by atoms with E-state index in [9.17, 15) is 4.79 Å². The van der Waals surface area contributed by atoms with Crippen molar-refractivity contribution in [3.63, 3.8) is 0 Å². The van der Waals surface area contributed by atoms with Gasteiger partial charge in [0.2, 0.25) is 0 Å². The van der Waals surface area contributed by atoms with Gasteiger partial charge in [-0.3, -0.25) is 9.78 Å². The van der Waals surface area contributed by atoms with Crippen molar-refractivity contribution in [2.24, 2.45) is 5.92 Å². The predicted octanol–water partition coefficient (Wildman–Crippen LogP) is 5.20. The van der Waals surface area contributed by atoms with Gasteiger partial charge in [0.25, 0.3) is 5.91 Å². The van der Waals surface area contributed by atoms with Crippen molar-refractivity contribution in [1.29, 1.82) is 0 Å². The summed E-state index contributed by atoms with van der Waals surface area (Å²) in [6.07, 6.45) is 8.87. The van der Waals surface area contributed by atoms with Crippen LogP contribution in [0.5, 0.6) is 0 Å². The van der Waals surface area contributed by atoms with E-state index in [0.717, 1.165) is 47.7 Å². The summed E-state index contributed by atoms with van der Waals surface area (Å²) in [6, 6.07) is 15.0. The molecule has 5 rings (SSSR count). The molecule has 30 heavy (non-hydrogen) atoms. The Morgan fingerprint density at radius 2 is 1.77 bits per heavy atom. The van der Waals surface area contributed by atoms with E-state index in [1.165, 1.54) is 31.2 Å². The van der Waals surface area contributed by atoms with Crippen molar-refractivity contribution in [3.05, 3.63) is 66.0 Å². The highest BCUT2D eigenvalue weighted by Crippen LogP contribution is 2.37. The minimum Gasteiger partial charge on any atom is -0.345 e. The highest BCUT2D eigenvalue weighted by molar-refractivity contribution is 7.99. The Hall–Kier alpha value is -2.27. The zero-order valence-electron chi connectivity index (χ0n) is 17.4. The molecule has 0 bridgehead atoms. The lowest BCUT2D eigenvalue weighted by Gasteiger charge is -2.29. The van der Waals surface area contributed by atoms with Crippen LogP contribution in [0.1, 0.15) is 47.5 Å². The number of pyridine rings is 1. The Morgan fingerprint density at radius 3 is 2.53 bits per heavy atom. The van der Waals surface area contributed by atoms with Gasteiger partial charge in [0.05, 0.1) is 11.1 Å². The van der Waals surface area contributed by atoms with Crippen LogP contribution in [-0.4, -0.2) is 45.0 Å². The largest absolute Gasteiger partial charge is 0.345 e. The lowest BCUT2D eigenvalue weighted by atomic mass is 9.78. The SMILES string of the molecule is O=C(c1cn(CC2CCC(c3ccccc3)CC2)c2cccnc12)N1CCSCC1. The Labute approximate surface area is 182 Å². The summed E-state index contributed by atoms with van der Waals surface area (Å²) >= 11 is 1.93. The lowest BCUT2D eigenvalue weighted by Crippen LogP contribution is -2.37. The summed E-state index contributed by atoms with van der Waals surface area (Å²) < 4.78 is 2.29. The zero-order chi connectivity index (χ0) is 20.3. The van der Waals surface area contributed by atoms with Crippen molar-refractivity contribution in [2.45, 2.75) is 38.1 Å². The summed E-state index contributed by atoms with van der Waals surface area (Å²) in [5, 5.41) is 0. The van der Waals surface area contributed by atoms with E-state index in [4.69, 9.17) is 0 Å². The van der Waals surface area contributed by atoms with Gasteiger partial charge < -0.3 is 9.47 Å². The first kappa shape index (κ1) is 19.7. The number of fused-ring (bicyclic) bond motifs is 1. The summed E-state index contributed by atoms with van der Waals surface area (Å²) in [6.45, 7) is 2.66. The molecule has 0 spiro atoms. The fourth-order valence-electron chi connectivity index (χ4n) is 5.05. The van der Waals surface area contributed by atoms with Gasteiger partial charge >= 0.3 is 0 Å². The second-order valence-corrected chi connectivity index (χ2v) is 9.82. The molecule has 0 unspecified atom stereocenters. The number of aromatic nitrogens is 2. The molecule has 1 aliphatic carbocycles. The number of thioether (sulfide) groups is 1. The molecule has 156 valence electrons. The number of rotatable bonds is 4. The van der Waals surface area contributed by atoms with Crippen LogP contribution < -0.4 is 0 Å². The molecular weight excluding hydrogens is 390 g/mol. The summed E-state index contributed by atoms with van der Waals surface area (Å²) in [5.74, 6) is 3.56. The first-order chi connectivity index (χ1) is 14.8. The van der Waals surface area contributed by atoms with E-state index in [2.05, 4.69) is 52.1 Å². The fraction of sp³-hybridized carbons (Fsp3) is 0.440. The second-order valence-electron chi connectivity index (χ2n) is 8.60. The molecule has 0 radical (unpaired) electrons. The van der Waals surface area contributed by atoms with Gasteiger partial charge in [-0.15, -0.1) is 0 Å². The van der Waals surface area contributed by atoms with Crippen molar-refractivity contribution in [1.82, 2.24) is 14.5 Å². The van der Waals surface area contributed by atoms with E-state index in [-0.39, 0.29) is 5.91 Å². The second kappa shape index (κ2) is 8.84. The first-order valence-corrected chi connectivity index (χ1v) is 12.3. The Kier molecular flexibility index (Phi) is 5.80. The topological polar surface area (TPSA) is 38.1 Å². The normalized spacial score (nSPS) is 22.3. The van der Waals surface area contributed by atoms with Crippen LogP contribution in [0, 0.1) is 5.92 Å². The first-order valence-electron chi connectivity index (χ1n) is 11.2. The maximum absolute atomic E-state index is 13.2. The monoisotopic (exact) mass is 419 g/mol. The average Bonchev–Trinajstić information content (AvgIpc) is 3.19. The Balaban J connectivity index is 1.32. The molecule has 3 aromatic rings. The maximum Gasteiger partial charge on any atom is 0.257 e. The zero-order valence-corrected chi connectivity index (χ0v) is 18.2. The molecule has 3 heterocycles. The molecule has 1 aromatic carbocycles. The van der Waals surface area contributed by atoms with Crippen LogP contribution in [0.4, 0.5) is 0 Å². The number of hydrogen-bond acceptors (Lipinski definition) is 3. The van der Waals surface area contributed by atoms with E-state index >= 15 is 0 Å². The molecule has 1 saturated heterocycles. The van der Waals surface area contributed by atoms with Gasteiger partial charge in [-0.2, -0.15) is 11.8 Å². The van der Waals surface area contributed by atoms with E-state index in [0.29, 0.717) is 11.8 Å². The third-order valence-electron chi connectivity index (χ3n) is 6.74. The highest BCUT2D eigenvalue weighted by Gasteiger charge is 2.26. The third kappa shape index (κ3) is 4.00. The van der Waals surface area contributed by atoms with Gasteiger partial charge in [0.1, 0.15) is 5.52 Å². The number of nitrogens with zero attached hydrogens (tertiary/aromatic N) is 3. The van der Waals surface area contributed by atoms with Crippen LogP contribution in [-0.2, 0) is 6.54 Å². The third-order valence-corrected chi connectivity index (χ3v) is 7.68. The van der Waals surface area contributed by atoms with Gasteiger partial charge in [-0.05, 0) is 55.2 Å². The van der Waals surface area contributed by atoms with Crippen LogP contribution in [0.15, 0.2) is 54.9 Å². The van der Waals surface area contributed by atoms with Crippen molar-refractivity contribution in [2.75, 3.05) is 24.6 Å². The standard InChI is InChI=1S/C25H29N3OS/c29-25(27-13-15-30-16-14-27)22-18-28(23-7-4-12-26-24(22)23)17-19-8-10-21(11-9-19)20-5-2-1-3-6-20/h1-7,12,18-19,21H,8-11,13-17H2. The number of carbonyl (C=O) groups excluding carboxylic acids is 1. The van der Waals surface area contributed by atoms with Gasteiger partial charge in [0.15, 0.2) is 0 Å². The number of benzene rings is 1. The van der Waals surface area contributed by atoms with Crippen molar-refractivity contribution >= 4 is 28.7 Å². The number of hydrogen-bond donors (Lipinski definition) is 0. The summed E-state index contributed by atoms with van der Waals surface area (Å²) in [4.78, 5) is 19.8. The molecule has 4 nitrogen and oxygen atoms in total. The van der Waals surface area contributed by atoms with E-state index < -0.39 is 0 Å². The molecule has 1 saturated carbocycles. The van der Waals surface area contributed by atoms with Crippen molar-refractivity contribution in [3.8, 4) is 0 Å². The van der Waals surface area contributed by atoms with Crippen molar-refractivity contribution < 1.29 is 4.79 Å². The van der Waals surface area contributed by atoms with Crippen LogP contribution in [0.2, 0.25) is 0 Å². The Morgan fingerprint density at radius 1 is 1.00 bits per heavy atom. The molecule has 2 fully saturated rings. The van der Waals surface area contributed by atoms with Crippen LogP contribution >= 0.6 is 11.8 Å². The molecule has 5 heteroatoms. The van der Waals surface area contributed by atoms with Crippen LogP contribution in [0.25, 0.3) is 11.0 Å². The minimum absolute atomic E-state index is 0.144. The smallest absolute Gasteiger partial charge is 0.257 e. The lowest BCUT2D eigenvalue weighted by molar-refractivity contribution is 0.0773.